The molecule has 1 aromatic rings. The van der Waals surface area contributed by atoms with Crippen molar-refractivity contribution in [2.45, 2.75) is 52.7 Å². The minimum Gasteiger partial charge on any atom is -0.488 e. The van der Waals surface area contributed by atoms with Crippen molar-refractivity contribution in [2.24, 2.45) is 4.99 Å². The Balaban J connectivity index is 0.00000420. The van der Waals surface area contributed by atoms with E-state index in [1.807, 2.05) is 13.8 Å². The Hall–Kier alpha value is -1.55. The van der Waals surface area contributed by atoms with E-state index < -0.39 is 0 Å². The molecule has 1 atom stereocenters. The number of nitrogens with zero attached hydrogens (tertiary/aromatic N) is 1. The first kappa shape index (κ1) is 25.5. The Bertz CT molecular complexity index is 649. The first-order valence-electron chi connectivity index (χ1n) is 10.2. The van der Waals surface area contributed by atoms with Gasteiger partial charge in [0.25, 0.3) is 0 Å². The summed E-state index contributed by atoms with van der Waals surface area (Å²) in [5.74, 6) is 1.62. The van der Waals surface area contributed by atoms with E-state index in [1.165, 1.54) is 0 Å². The van der Waals surface area contributed by atoms with Crippen LogP contribution in [0.15, 0.2) is 23.2 Å². The van der Waals surface area contributed by atoms with Gasteiger partial charge in [0.2, 0.25) is 5.91 Å². The highest BCUT2D eigenvalue weighted by atomic mass is 127. The summed E-state index contributed by atoms with van der Waals surface area (Å²) < 4.78 is 11.6. The molecule has 0 aromatic heterocycles. The topological polar surface area (TPSA) is 84.0 Å². The van der Waals surface area contributed by atoms with Crippen LogP contribution >= 0.6 is 24.0 Å². The third-order valence-electron chi connectivity index (χ3n) is 4.37. The number of benzene rings is 1. The summed E-state index contributed by atoms with van der Waals surface area (Å²) in [5.41, 5.74) is 2.19. The molecule has 164 valence electrons. The molecule has 3 N–H and O–H groups in total. The van der Waals surface area contributed by atoms with Gasteiger partial charge in [-0.1, -0.05) is 19.1 Å². The normalized spacial score (nSPS) is 16.1. The summed E-state index contributed by atoms with van der Waals surface area (Å²) in [6.45, 7) is 10.0. The van der Waals surface area contributed by atoms with Crippen molar-refractivity contribution in [1.82, 2.24) is 16.0 Å². The highest BCUT2D eigenvalue weighted by Crippen LogP contribution is 2.24. The van der Waals surface area contributed by atoms with Gasteiger partial charge in [-0.05, 0) is 31.9 Å². The molecule has 0 spiro atoms. The molecule has 1 unspecified atom stereocenters. The minimum atomic E-state index is 0. The summed E-state index contributed by atoms with van der Waals surface area (Å²) in [5, 5.41) is 9.32. The molecule has 1 fully saturated rings. The lowest BCUT2D eigenvalue weighted by Gasteiger charge is -2.16. The highest BCUT2D eigenvalue weighted by molar-refractivity contribution is 14.0. The summed E-state index contributed by atoms with van der Waals surface area (Å²) in [7, 11) is 0. The first-order valence-corrected chi connectivity index (χ1v) is 10.2. The number of guanidine groups is 1. The first-order chi connectivity index (χ1) is 13.6. The molecular formula is C21H35IN4O3. The van der Waals surface area contributed by atoms with Crippen LogP contribution in [0.2, 0.25) is 0 Å². The van der Waals surface area contributed by atoms with Crippen molar-refractivity contribution < 1.29 is 14.3 Å². The predicted octanol–water partition coefficient (Wildman–Crippen LogP) is 2.75. The number of hydrogen-bond donors (Lipinski definition) is 3. The molecule has 0 radical (unpaired) electrons. The van der Waals surface area contributed by atoms with Crippen LogP contribution in [0.25, 0.3) is 0 Å². The second kappa shape index (κ2) is 14.4. The van der Waals surface area contributed by atoms with Gasteiger partial charge in [0.05, 0.1) is 19.8 Å². The number of carbonyl (C=O) groups excluding carboxylic acids is 1. The third kappa shape index (κ3) is 9.66. The van der Waals surface area contributed by atoms with Gasteiger partial charge in [-0.15, -0.1) is 24.0 Å². The molecule has 1 aliphatic rings. The van der Waals surface area contributed by atoms with E-state index in [1.54, 1.807) is 0 Å². The average molecular weight is 518 g/mol. The number of hydrogen-bond acceptors (Lipinski definition) is 4. The van der Waals surface area contributed by atoms with Crippen LogP contribution in [-0.2, 0) is 16.1 Å². The van der Waals surface area contributed by atoms with Gasteiger partial charge in [0.1, 0.15) is 11.9 Å². The molecule has 29 heavy (non-hydrogen) atoms. The summed E-state index contributed by atoms with van der Waals surface area (Å²) in [6.07, 6.45) is 2.39. The van der Waals surface area contributed by atoms with E-state index in [4.69, 9.17) is 9.47 Å². The van der Waals surface area contributed by atoms with Crippen molar-refractivity contribution in [2.75, 3.05) is 32.8 Å². The van der Waals surface area contributed by atoms with E-state index in [9.17, 15) is 4.79 Å². The van der Waals surface area contributed by atoms with Crippen LogP contribution in [-0.4, -0.2) is 50.8 Å². The lowest BCUT2D eigenvalue weighted by atomic mass is 10.1. The molecule has 2 rings (SSSR count). The molecular weight excluding hydrogens is 483 g/mol. The molecule has 1 saturated heterocycles. The molecule has 0 aliphatic carbocycles. The van der Waals surface area contributed by atoms with Gasteiger partial charge < -0.3 is 25.4 Å². The molecule has 1 aliphatic heterocycles. The van der Waals surface area contributed by atoms with E-state index in [-0.39, 0.29) is 36.0 Å². The molecule has 7 nitrogen and oxygen atoms in total. The van der Waals surface area contributed by atoms with Gasteiger partial charge in [0, 0.05) is 38.0 Å². The van der Waals surface area contributed by atoms with E-state index in [2.05, 4.69) is 46.1 Å². The lowest BCUT2D eigenvalue weighted by molar-refractivity contribution is -0.120. The monoisotopic (exact) mass is 518 g/mol. The molecule has 1 heterocycles. The molecule has 0 saturated carbocycles. The summed E-state index contributed by atoms with van der Waals surface area (Å²) in [6, 6.07) is 6.19. The summed E-state index contributed by atoms with van der Waals surface area (Å²) >= 11 is 0. The number of amides is 1. The zero-order valence-corrected chi connectivity index (χ0v) is 20.1. The van der Waals surface area contributed by atoms with Gasteiger partial charge >= 0.3 is 0 Å². The van der Waals surface area contributed by atoms with Gasteiger partial charge in [0.15, 0.2) is 5.96 Å². The Morgan fingerprint density at radius 1 is 1.24 bits per heavy atom. The fourth-order valence-electron chi connectivity index (χ4n) is 2.84. The van der Waals surface area contributed by atoms with Crippen molar-refractivity contribution in [3.63, 3.8) is 0 Å². The van der Waals surface area contributed by atoms with Gasteiger partial charge in [-0.3, -0.25) is 4.79 Å². The van der Waals surface area contributed by atoms with Crippen molar-refractivity contribution in [3.05, 3.63) is 29.3 Å². The zero-order chi connectivity index (χ0) is 20.2. The maximum Gasteiger partial charge on any atom is 0.221 e. The largest absolute Gasteiger partial charge is 0.488 e. The lowest BCUT2D eigenvalue weighted by Crippen LogP contribution is -2.39. The quantitative estimate of drug-likeness (QED) is 0.252. The van der Waals surface area contributed by atoms with E-state index in [0.717, 1.165) is 49.4 Å². The Morgan fingerprint density at radius 3 is 2.76 bits per heavy atom. The minimum absolute atomic E-state index is 0. The van der Waals surface area contributed by atoms with Gasteiger partial charge in [-0.25, -0.2) is 4.99 Å². The average Bonchev–Trinajstić information content (AvgIpc) is 3.18. The van der Waals surface area contributed by atoms with E-state index in [0.29, 0.717) is 32.1 Å². The number of aryl methyl sites for hydroxylation is 1. The number of nitrogens with one attached hydrogen (secondary N) is 3. The second-order valence-corrected chi connectivity index (χ2v) is 6.94. The standard InChI is InChI=1S/C21H34N4O3.HI/c1-4-10-23-20(26)8-11-24-21(22-5-2)25-14-17-7-6-16(3)13-19(17)28-18-9-12-27-15-18;/h6-7,13,18H,4-5,8-12,14-15H2,1-3H3,(H,23,26)(H2,22,24,25);1H. The number of ether oxygens (including phenoxy) is 2. The number of rotatable bonds is 10. The Kier molecular flexibility index (Phi) is 12.7. The van der Waals surface area contributed by atoms with Crippen molar-refractivity contribution in [3.8, 4) is 5.75 Å². The number of halogens is 1. The highest BCUT2D eigenvalue weighted by Gasteiger charge is 2.18. The predicted molar refractivity (Wildman–Crippen MR) is 127 cm³/mol. The van der Waals surface area contributed by atoms with Crippen molar-refractivity contribution >= 4 is 35.8 Å². The van der Waals surface area contributed by atoms with Crippen LogP contribution < -0.4 is 20.7 Å². The third-order valence-corrected chi connectivity index (χ3v) is 4.37. The fraction of sp³-hybridized carbons (Fsp3) is 0.619. The number of aliphatic imine (C=N–C) groups is 1. The smallest absolute Gasteiger partial charge is 0.221 e. The number of carbonyl (C=O) groups is 1. The fourth-order valence-corrected chi connectivity index (χ4v) is 2.84. The molecule has 1 aromatic carbocycles. The van der Waals surface area contributed by atoms with Gasteiger partial charge in [-0.2, -0.15) is 0 Å². The maximum absolute atomic E-state index is 11.7. The molecule has 0 bridgehead atoms. The SMILES string of the molecule is CCCNC(=O)CCNC(=NCc1ccc(C)cc1OC1CCOC1)NCC.I. The maximum atomic E-state index is 11.7. The molecule has 8 heteroatoms. The Morgan fingerprint density at radius 2 is 2.07 bits per heavy atom. The summed E-state index contributed by atoms with van der Waals surface area (Å²) in [4.78, 5) is 16.4. The van der Waals surface area contributed by atoms with Crippen LogP contribution in [0, 0.1) is 6.92 Å². The van der Waals surface area contributed by atoms with Crippen LogP contribution in [0.1, 0.15) is 44.2 Å². The van der Waals surface area contributed by atoms with Crippen LogP contribution in [0.4, 0.5) is 0 Å². The van der Waals surface area contributed by atoms with E-state index >= 15 is 0 Å². The second-order valence-electron chi connectivity index (χ2n) is 6.94. The zero-order valence-electron chi connectivity index (χ0n) is 17.8. The Labute approximate surface area is 191 Å². The molecule has 1 amide bonds. The van der Waals surface area contributed by atoms with Crippen molar-refractivity contribution in [1.29, 1.82) is 0 Å². The van der Waals surface area contributed by atoms with Crippen LogP contribution in [0.3, 0.4) is 0 Å². The van der Waals surface area contributed by atoms with Crippen LogP contribution in [0.5, 0.6) is 5.75 Å².